The van der Waals surface area contributed by atoms with Gasteiger partial charge in [0.25, 0.3) is 0 Å². The van der Waals surface area contributed by atoms with Crippen LogP contribution in [0.25, 0.3) is 0 Å². The molecule has 1 rings (SSSR count). The average Bonchev–Trinajstić information content (AvgIpc) is 2.31. The van der Waals surface area contributed by atoms with E-state index < -0.39 is 0 Å². The zero-order chi connectivity index (χ0) is 12.9. The van der Waals surface area contributed by atoms with E-state index in [-0.39, 0.29) is 5.41 Å². The summed E-state index contributed by atoms with van der Waals surface area (Å²) in [5, 5.41) is 8.88. The second-order valence-corrected chi connectivity index (χ2v) is 5.61. The van der Waals surface area contributed by atoms with E-state index in [0.29, 0.717) is 18.9 Å². The van der Waals surface area contributed by atoms with Crippen molar-refractivity contribution in [3.05, 3.63) is 28.2 Å². The zero-order valence-corrected chi connectivity index (χ0v) is 12.3. The van der Waals surface area contributed by atoms with Crippen molar-refractivity contribution in [1.29, 1.82) is 5.26 Å². The number of hydrogen-bond acceptors (Lipinski definition) is 2. The molecule has 0 aliphatic carbocycles. The zero-order valence-electron chi connectivity index (χ0n) is 9.96. The number of halogens is 2. The summed E-state index contributed by atoms with van der Waals surface area (Å²) in [4.78, 5) is 0. The first-order valence-corrected chi connectivity index (χ1v) is 6.70. The molecule has 1 aromatic rings. The maximum Gasteiger partial charge on any atom is 0.133 e. The summed E-state index contributed by atoms with van der Waals surface area (Å²) in [6.45, 7) is 4.34. The number of benzene rings is 1. The molecule has 0 N–H and O–H groups in total. The van der Waals surface area contributed by atoms with Crippen LogP contribution in [0.2, 0.25) is 0 Å². The van der Waals surface area contributed by atoms with Crippen LogP contribution in [-0.4, -0.2) is 6.61 Å². The fourth-order valence-electron chi connectivity index (χ4n) is 1.22. The summed E-state index contributed by atoms with van der Waals surface area (Å²) in [6, 6.07) is 8.02. The standard InChI is InChI=1S/C13H15BrClNO/c1-13(2,9-16)5-6-17-12-4-3-10(8-15)7-11(12)14/h3-4,7H,5-6,8H2,1-2H3. The Morgan fingerprint density at radius 1 is 1.47 bits per heavy atom. The second-order valence-electron chi connectivity index (χ2n) is 4.49. The van der Waals surface area contributed by atoms with Crippen molar-refractivity contribution in [2.45, 2.75) is 26.1 Å². The molecule has 0 unspecified atom stereocenters. The molecule has 0 aliphatic rings. The van der Waals surface area contributed by atoms with Crippen LogP contribution in [0.5, 0.6) is 5.75 Å². The Bertz CT molecular complexity index is 426. The third-order valence-electron chi connectivity index (χ3n) is 2.44. The van der Waals surface area contributed by atoms with Crippen LogP contribution in [-0.2, 0) is 5.88 Å². The number of rotatable bonds is 5. The number of alkyl halides is 1. The lowest BCUT2D eigenvalue weighted by molar-refractivity contribution is 0.263. The van der Waals surface area contributed by atoms with Gasteiger partial charge >= 0.3 is 0 Å². The Balaban J connectivity index is 2.56. The molecule has 0 saturated heterocycles. The normalized spacial score (nSPS) is 11.0. The van der Waals surface area contributed by atoms with E-state index in [9.17, 15) is 0 Å². The third-order valence-corrected chi connectivity index (χ3v) is 3.37. The molecule has 0 amide bonds. The van der Waals surface area contributed by atoms with Crippen molar-refractivity contribution >= 4 is 27.5 Å². The largest absolute Gasteiger partial charge is 0.492 e. The van der Waals surface area contributed by atoms with Crippen molar-refractivity contribution in [2.75, 3.05) is 6.61 Å². The molecule has 0 heterocycles. The first-order valence-electron chi connectivity index (χ1n) is 5.37. The highest BCUT2D eigenvalue weighted by molar-refractivity contribution is 9.10. The maximum atomic E-state index is 8.88. The van der Waals surface area contributed by atoms with Crippen LogP contribution >= 0.6 is 27.5 Å². The quantitative estimate of drug-likeness (QED) is 0.749. The second kappa shape index (κ2) is 6.28. The molecule has 17 heavy (non-hydrogen) atoms. The molecule has 0 fully saturated rings. The summed E-state index contributed by atoms with van der Waals surface area (Å²) in [5.41, 5.74) is 0.700. The van der Waals surface area contributed by atoms with Crippen molar-refractivity contribution < 1.29 is 4.74 Å². The molecule has 0 radical (unpaired) electrons. The van der Waals surface area contributed by atoms with Crippen molar-refractivity contribution in [3.8, 4) is 11.8 Å². The lowest BCUT2D eigenvalue weighted by atomic mass is 9.92. The number of ether oxygens (including phenoxy) is 1. The molecule has 0 aliphatic heterocycles. The van der Waals surface area contributed by atoms with Crippen LogP contribution in [0.15, 0.2) is 22.7 Å². The van der Waals surface area contributed by atoms with Gasteiger partial charge in [0.15, 0.2) is 0 Å². The Morgan fingerprint density at radius 2 is 2.18 bits per heavy atom. The maximum absolute atomic E-state index is 8.88. The Morgan fingerprint density at radius 3 is 2.71 bits per heavy atom. The van der Waals surface area contributed by atoms with Gasteiger partial charge in [-0.25, -0.2) is 0 Å². The molecule has 0 spiro atoms. The van der Waals surface area contributed by atoms with Crippen molar-refractivity contribution in [1.82, 2.24) is 0 Å². The summed E-state index contributed by atoms with van der Waals surface area (Å²) in [6.07, 6.45) is 0.702. The lowest BCUT2D eigenvalue weighted by Crippen LogP contribution is -2.13. The molecular formula is C13H15BrClNO. The SMILES string of the molecule is CC(C)(C#N)CCOc1ccc(CCl)cc1Br. The van der Waals surface area contributed by atoms with Crippen LogP contribution in [0.1, 0.15) is 25.8 Å². The highest BCUT2D eigenvalue weighted by Gasteiger charge is 2.16. The molecular weight excluding hydrogens is 302 g/mol. The molecule has 92 valence electrons. The molecule has 4 heteroatoms. The van der Waals surface area contributed by atoms with Gasteiger partial charge < -0.3 is 4.74 Å². The van der Waals surface area contributed by atoms with Crippen LogP contribution in [0.4, 0.5) is 0 Å². The van der Waals surface area contributed by atoms with Crippen LogP contribution in [0.3, 0.4) is 0 Å². The highest BCUT2D eigenvalue weighted by atomic mass is 79.9. The monoisotopic (exact) mass is 315 g/mol. The van der Waals surface area contributed by atoms with E-state index in [1.807, 2.05) is 32.0 Å². The highest BCUT2D eigenvalue weighted by Crippen LogP contribution is 2.27. The van der Waals surface area contributed by atoms with Gasteiger partial charge in [-0.15, -0.1) is 11.6 Å². The third kappa shape index (κ3) is 4.57. The van der Waals surface area contributed by atoms with E-state index in [1.165, 1.54) is 0 Å². The summed E-state index contributed by atoms with van der Waals surface area (Å²) >= 11 is 9.17. The first kappa shape index (κ1) is 14.3. The van der Waals surface area contributed by atoms with E-state index in [4.69, 9.17) is 21.6 Å². The summed E-state index contributed by atoms with van der Waals surface area (Å²) < 4.78 is 6.53. The van der Waals surface area contributed by atoms with Crippen molar-refractivity contribution in [3.63, 3.8) is 0 Å². The minimum atomic E-state index is -0.345. The fraction of sp³-hybridized carbons (Fsp3) is 0.462. The van der Waals surface area contributed by atoms with Gasteiger partial charge in [-0.05, 0) is 53.9 Å². The van der Waals surface area contributed by atoms with Crippen LogP contribution in [0, 0.1) is 16.7 Å². The minimum absolute atomic E-state index is 0.345. The molecule has 1 aromatic carbocycles. The lowest BCUT2D eigenvalue weighted by Gasteiger charge is -2.16. The molecule has 0 bridgehead atoms. The topological polar surface area (TPSA) is 33.0 Å². The van der Waals surface area contributed by atoms with Crippen LogP contribution < -0.4 is 4.74 Å². The van der Waals surface area contributed by atoms with E-state index in [0.717, 1.165) is 15.8 Å². The van der Waals surface area contributed by atoms with E-state index in [2.05, 4.69) is 22.0 Å². The van der Waals surface area contributed by atoms with Crippen molar-refractivity contribution in [2.24, 2.45) is 5.41 Å². The number of nitriles is 1. The number of hydrogen-bond donors (Lipinski definition) is 0. The van der Waals surface area contributed by atoms with Gasteiger partial charge in [0.05, 0.1) is 22.6 Å². The molecule has 0 atom stereocenters. The molecule has 0 aromatic heterocycles. The van der Waals surface area contributed by atoms with Gasteiger partial charge in [0.2, 0.25) is 0 Å². The van der Waals surface area contributed by atoms with E-state index in [1.54, 1.807) is 0 Å². The number of nitrogens with zero attached hydrogens (tertiary/aromatic N) is 1. The van der Waals surface area contributed by atoms with Gasteiger partial charge in [-0.3, -0.25) is 0 Å². The van der Waals surface area contributed by atoms with E-state index >= 15 is 0 Å². The fourth-order valence-corrected chi connectivity index (χ4v) is 1.92. The minimum Gasteiger partial charge on any atom is -0.492 e. The Kier molecular flexibility index (Phi) is 5.30. The predicted molar refractivity (Wildman–Crippen MR) is 73.2 cm³/mol. The average molecular weight is 317 g/mol. The summed E-state index contributed by atoms with van der Waals surface area (Å²) in [5.74, 6) is 1.27. The summed E-state index contributed by atoms with van der Waals surface area (Å²) in [7, 11) is 0. The smallest absolute Gasteiger partial charge is 0.133 e. The van der Waals surface area contributed by atoms with Gasteiger partial charge in [0, 0.05) is 5.88 Å². The Labute approximate surface area is 116 Å². The Hall–Kier alpha value is -0.720. The van der Waals surface area contributed by atoms with Gasteiger partial charge in [-0.1, -0.05) is 6.07 Å². The molecule has 0 saturated carbocycles. The first-order chi connectivity index (χ1) is 7.98. The predicted octanol–water partition coefficient (Wildman–Crippen LogP) is 4.51. The van der Waals surface area contributed by atoms with Gasteiger partial charge in [-0.2, -0.15) is 5.26 Å². The van der Waals surface area contributed by atoms with Gasteiger partial charge in [0.1, 0.15) is 5.75 Å². The molecule has 2 nitrogen and oxygen atoms in total.